The molecule has 1 saturated heterocycles. The van der Waals surface area contributed by atoms with E-state index in [9.17, 15) is 0 Å². The van der Waals surface area contributed by atoms with E-state index in [1.807, 2.05) is 12.3 Å². The topological polar surface area (TPSA) is 25.4 Å². The second-order valence-corrected chi connectivity index (χ2v) is 4.43. The molecule has 0 atom stereocenters. The van der Waals surface area contributed by atoms with E-state index in [-0.39, 0.29) is 0 Å². The Morgan fingerprint density at radius 1 is 1.35 bits per heavy atom. The number of pyridine rings is 1. The third-order valence-electron chi connectivity index (χ3n) is 2.59. The van der Waals surface area contributed by atoms with Gasteiger partial charge in [0.25, 0.3) is 0 Å². The van der Waals surface area contributed by atoms with Crippen LogP contribution >= 0.6 is 0 Å². The fraction of sp³-hybridized carbons (Fsp3) is 0.500. The van der Waals surface area contributed by atoms with Gasteiger partial charge in [-0.2, -0.15) is 0 Å². The fourth-order valence-corrected chi connectivity index (χ4v) is 1.69. The maximum Gasteiger partial charge on any atom is 0.129 e. The molecule has 0 saturated carbocycles. The molecule has 2 heterocycles. The number of hydrogen-bond acceptors (Lipinski definition) is 3. The van der Waals surface area contributed by atoms with Crippen LogP contribution in [0.2, 0.25) is 0 Å². The van der Waals surface area contributed by atoms with Crippen molar-refractivity contribution in [2.45, 2.75) is 13.8 Å². The van der Waals surface area contributed by atoms with Crippen molar-refractivity contribution in [3.05, 3.63) is 23.9 Å². The van der Waals surface area contributed by atoms with Crippen LogP contribution in [-0.2, 0) is 4.74 Å². The van der Waals surface area contributed by atoms with Crippen molar-refractivity contribution >= 4 is 5.82 Å². The Hall–Kier alpha value is -1.53. The molecule has 0 aromatic carbocycles. The van der Waals surface area contributed by atoms with Crippen LogP contribution in [-0.4, -0.2) is 31.3 Å². The highest BCUT2D eigenvalue weighted by molar-refractivity contribution is 5.46. The zero-order chi connectivity index (χ0) is 12.1. The molecule has 0 bridgehead atoms. The average Bonchev–Trinajstić information content (AvgIpc) is 2.38. The van der Waals surface area contributed by atoms with Gasteiger partial charge in [0.2, 0.25) is 0 Å². The molecule has 0 radical (unpaired) electrons. The number of aromatic nitrogens is 1. The summed E-state index contributed by atoms with van der Waals surface area (Å²) < 4.78 is 5.33. The quantitative estimate of drug-likeness (QED) is 0.689. The maximum absolute atomic E-state index is 5.33. The van der Waals surface area contributed by atoms with Crippen molar-refractivity contribution in [3.8, 4) is 11.8 Å². The van der Waals surface area contributed by atoms with Crippen molar-refractivity contribution in [1.29, 1.82) is 0 Å². The van der Waals surface area contributed by atoms with Gasteiger partial charge in [0, 0.05) is 30.8 Å². The molecule has 3 heteroatoms. The molecule has 90 valence electrons. The number of morpholine rings is 1. The molecule has 0 amide bonds. The molecule has 0 N–H and O–H groups in total. The number of rotatable bonds is 1. The molecule has 2 rings (SSSR count). The molecule has 0 spiro atoms. The van der Waals surface area contributed by atoms with E-state index in [1.165, 1.54) is 0 Å². The summed E-state index contributed by atoms with van der Waals surface area (Å²) in [5.74, 6) is 7.75. The predicted molar refractivity (Wildman–Crippen MR) is 69.0 cm³/mol. The summed E-state index contributed by atoms with van der Waals surface area (Å²) in [7, 11) is 0. The van der Waals surface area contributed by atoms with Crippen LogP contribution in [0.3, 0.4) is 0 Å². The Morgan fingerprint density at radius 2 is 2.12 bits per heavy atom. The van der Waals surface area contributed by atoms with Gasteiger partial charge in [-0.15, -0.1) is 0 Å². The van der Waals surface area contributed by atoms with Crippen LogP contribution in [0.5, 0.6) is 0 Å². The molecule has 1 aromatic rings. The number of hydrogen-bond donors (Lipinski definition) is 0. The first-order valence-electron chi connectivity index (χ1n) is 6.06. The van der Waals surface area contributed by atoms with Gasteiger partial charge in [-0.05, 0) is 12.1 Å². The van der Waals surface area contributed by atoms with Gasteiger partial charge < -0.3 is 9.64 Å². The lowest BCUT2D eigenvalue weighted by Crippen LogP contribution is -2.36. The molecule has 3 nitrogen and oxygen atoms in total. The minimum Gasteiger partial charge on any atom is -0.378 e. The summed E-state index contributed by atoms with van der Waals surface area (Å²) in [6.45, 7) is 7.57. The lowest BCUT2D eigenvalue weighted by Gasteiger charge is -2.27. The normalized spacial score (nSPS) is 15.6. The van der Waals surface area contributed by atoms with Crippen LogP contribution in [0.1, 0.15) is 19.4 Å². The smallest absolute Gasteiger partial charge is 0.129 e. The van der Waals surface area contributed by atoms with Crippen molar-refractivity contribution < 1.29 is 4.74 Å². The highest BCUT2D eigenvalue weighted by atomic mass is 16.5. The van der Waals surface area contributed by atoms with E-state index in [0.29, 0.717) is 5.92 Å². The molecule has 1 aliphatic heterocycles. The zero-order valence-corrected chi connectivity index (χ0v) is 10.4. The lowest BCUT2D eigenvalue weighted by molar-refractivity contribution is 0.122. The number of anilines is 1. The summed E-state index contributed by atoms with van der Waals surface area (Å²) in [6, 6.07) is 4.01. The Morgan fingerprint density at radius 3 is 2.82 bits per heavy atom. The maximum atomic E-state index is 5.33. The van der Waals surface area contributed by atoms with Crippen LogP contribution < -0.4 is 4.90 Å². The number of ether oxygens (including phenoxy) is 1. The second-order valence-electron chi connectivity index (χ2n) is 4.43. The molecule has 0 aliphatic carbocycles. The third-order valence-corrected chi connectivity index (χ3v) is 2.59. The summed E-state index contributed by atoms with van der Waals surface area (Å²) in [4.78, 5) is 6.63. The lowest BCUT2D eigenvalue weighted by atomic mass is 10.2. The standard InChI is InChI=1S/C14H18N2O/c1-12(2)3-4-13-5-6-15-14(11-13)16-7-9-17-10-8-16/h5-6,11-12H,7-10H2,1-2H3. The monoisotopic (exact) mass is 230 g/mol. The first kappa shape index (κ1) is 11.9. The summed E-state index contributed by atoms with van der Waals surface area (Å²) >= 11 is 0. The minimum absolute atomic E-state index is 0.398. The Labute approximate surface area is 103 Å². The molecular weight excluding hydrogens is 212 g/mol. The van der Waals surface area contributed by atoms with Crippen LogP contribution in [0.4, 0.5) is 5.82 Å². The molecule has 0 unspecified atom stereocenters. The fourth-order valence-electron chi connectivity index (χ4n) is 1.69. The van der Waals surface area contributed by atoms with E-state index >= 15 is 0 Å². The van der Waals surface area contributed by atoms with Gasteiger partial charge in [-0.25, -0.2) is 4.98 Å². The van der Waals surface area contributed by atoms with Crippen LogP contribution in [0, 0.1) is 17.8 Å². The van der Waals surface area contributed by atoms with Crippen LogP contribution in [0.15, 0.2) is 18.3 Å². The zero-order valence-electron chi connectivity index (χ0n) is 10.4. The summed E-state index contributed by atoms with van der Waals surface area (Å²) in [5, 5.41) is 0. The third kappa shape index (κ3) is 3.47. The van der Waals surface area contributed by atoms with Crippen molar-refractivity contribution in [3.63, 3.8) is 0 Å². The van der Waals surface area contributed by atoms with Crippen molar-refractivity contribution in [1.82, 2.24) is 4.98 Å². The highest BCUT2D eigenvalue weighted by Crippen LogP contribution is 2.13. The molecule has 17 heavy (non-hydrogen) atoms. The average molecular weight is 230 g/mol. The van der Waals surface area contributed by atoms with E-state index in [0.717, 1.165) is 37.7 Å². The van der Waals surface area contributed by atoms with E-state index in [4.69, 9.17) is 4.74 Å². The van der Waals surface area contributed by atoms with Crippen molar-refractivity contribution in [2.24, 2.45) is 5.92 Å². The van der Waals surface area contributed by atoms with Gasteiger partial charge in [-0.1, -0.05) is 25.7 Å². The SMILES string of the molecule is CC(C)C#Cc1ccnc(N2CCOCC2)c1. The van der Waals surface area contributed by atoms with Gasteiger partial charge in [0.05, 0.1) is 13.2 Å². The van der Waals surface area contributed by atoms with Gasteiger partial charge in [0.1, 0.15) is 5.82 Å². The minimum atomic E-state index is 0.398. The Balaban J connectivity index is 2.14. The van der Waals surface area contributed by atoms with Gasteiger partial charge >= 0.3 is 0 Å². The summed E-state index contributed by atoms with van der Waals surface area (Å²) in [6.07, 6.45) is 1.83. The second kappa shape index (κ2) is 5.70. The molecule has 1 aromatic heterocycles. The van der Waals surface area contributed by atoms with Crippen LogP contribution in [0.25, 0.3) is 0 Å². The Bertz CT molecular complexity index is 425. The van der Waals surface area contributed by atoms with Gasteiger partial charge in [-0.3, -0.25) is 0 Å². The first-order chi connectivity index (χ1) is 8.25. The van der Waals surface area contributed by atoms with E-state index in [2.05, 4.69) is 41.6 Å². The number of nitrogens with zero attached hydrogens (tertiary/aromatic N) is 2. The van der Waals surface area contributed by atoms with Gasteiger partial charge in [0.15, 0.2) is 0 Å². The van der Waals surface area contributed by atoms with Crippen molar-refractivity contribution in [2.75, 3.05) is 31.2 Å². The van der Waals surface area contributed by atoms with E-state index in [1.54, 1.807) is 0 Å². The molecule has 1 aliphatic rings. The largest absolute Gasteiger partial charge is 0.378 e. The predicted octanol–water partition coefficient (Wildman–Crippen LogP) is 1.93. The first-order valence-corrected chi connectivity index (χ1v) is 6.06. The molecular formula is C14H18N2O. The van der Waals surface area contributed by atoms with E-state index < -0.39 is 0 Å². The molecule has 1 fully saturated rings. The summed E-state index contributed by atoms with van der Waals surface area (Å²) in [5.41, 5.74) is 1.04. The Kier molecular flexibility index (Phi) is 4.00. The highest BCUT2D eigenvalue weighted by Gasteiger charge is 2.11.